The molecular weight excluding hydrogens is 152 g/mol. The van der Waals surface area contributed by atoms with Crippen LogP contribution >= 0.6 is 0 Å². The lowest BCUT2D eigenvalue weighted by Gasteiger charge is -2.19. The van der Waals surface area contributed by atoms with Gasteiger partial charge in [-0.15, -0.1) is 0 Å². The Bertz CT molecular complexity index is 148. The highest BCUT2D eigenvalue weighted by Crippen LogP contribution is 2.15. The summed E-state index contributed by atoms with van der Waals surface area (Å²) < 4.78 is 0. The topological polar surface area (TPSA) is 37.3 Å². The van der Waals surface area contributed by atoms with Gasteiger partial charge < -0.3 is 5.11 Å². The Morgan fingerprint density at radius 2 is 2.00 bits per heavy atom. The standard InChI is InChI=1S/C10H20O2/c1-5-10(4,12)9(11)7-6-8(2)3/h8,12H,5-7H2,1-4H3. The lowest BCUT2D eigenvalue weighted by atomic mass is 9.92. The number of hydrogen-bond acceptors (Lipinski definition) is 2. The van der Waals surface area contributed by atoms with Crippen molar-refractivity contribution in [1.29, 1.82) is 0 Å². The van der Waals surface area contributed by atoms with Crippen LogP contribution in [-0.2, 0) is 4.79 Å². The van der Waals surface area contributed by atoms with Crippen molar-refractivity contribution in [1.82, 2.24) is 0 Å². The SMILES string of the molecule is CCC(C)(O)C(=O)CCC(C)C. The Kier molecular flexibility index (Phi) is 4.46. The van der Waals surface area contributed by atoms with E-state index in [1.54, 1.807) is 6.92 Å². The predicted octanol–water partition coefficient (Wildman–Crippen LogP) is 2.15. The number of Topliss-reactive ketones (excluding diaryl/α,β-unsaturated/α-hetero) is 1. The molecule has 0 radical (unpaired) electrons. The van der Waals surface area contributed by atoms with Crippen molar-refractivity contribution < 1.29 is 9.90 Å². The number of carbonyl (C=O) groups excluding carboxylic acids is 1. The third-order valence-corrected chi connectivity index (χ3v) is 2.24. The maximum Gasteiger partial charge on any atom is 0.164 e. The van der Waals surface area contributed by atoms with Crippen LogP contribution in [0, 0.1) is 5.92 Å². The van der Waals surface area contributed by atoms with Crippen LogP contribution < -0.4 is 0 Å². The van der Waals surface area contributed by atoms with Crippen LogP contribution in [-0.4, -0.2) is 16.5 Å². The molecule has 0 aliphatic heterocycles. The van der Waals surface area contributed by atoms with E-state index in [1.807, 2.05) is 6.92 Å². The molecule has 0 amide bonds. The molecule has 0 fully saturated rings. The van der Waals surface area contributed by atoms with Crippen molar-refractivity contribution in [2.24, 2.45) is 5.92 Å². The fourth-order valence-electron chi connectivity index (χ4n) is 0.886. The highest BCUT2D eigenvalue weighted by Gasteiger charge is 2.26. The number of carbonyl (C=O) groups is 1. The molecule has 2 heteroatoms. The number of hydrogen-bond donors (Lipinski definition) is 1. The molecule has 0 aliphatic rings. The van der Waals surface area contributed by atoms with Gasteiger partial charge in [-0.1, -0.05) is 20.8 Å². The largest absolute Gasteiger partial charge is 0.382 e. The average Bonchev–Trinajstić information content (AvgIpc) is 2.00. The molecule has 0 aromatic heterocycles. The van der Waals surface area contributed by atoms with Gasteiger partial charge in [-0.3, -0.25) is 4.79 Å². The van der Waals surface area contributed by atoms with E-state index in [4.69, 9.17) is 0 Å². The molecule has 1 N–H and O–H groups in total. The first kappa shape index (κ1) is 11.6. The van der Waals surface area contributed by atoms with Crippen molar-refractivity contribution in [3.8, 4) is 0 Å². The number of ketones is 1. The fraction of sp³-hybridized carbons (Fsp3) is 0.900. The van der Waals surface area contributed by atoms with Gasteiger partial charge >= 0.3 is 0 Å². The lowest BCUT2D eigenvalue weighted by Crippen LogP contribution is -2.34. The summed E-state index contributed by atoms with van der Waals surface area (Å²) in [5.41, 5.74) is -1.10. The summed E-state index contributed by atoms with van der Waals surface area (Å²) in [7, 11) is 0. The summed E-state index contributed by atoms with van der Waals surface area (Å²) in [6.07, 6.45) is 1.87. The van der Waals surface area contributed by atoms with E-state index in [2.05, 4.69) is 13.8 Å². The van der Waals surface area contributed by atoms with Gasteiger partial charge in [0.1, 0.15) is 5.60 Å². The minimum atomic E-state index is -1.10. The summed E-state index contributed by atoms with van der Waals surface area (Å²) in [6, 6.07) is 0. The third-order valence-electron chi connectivity index (χ3n) is 2.24. The maximum atomic E-state index is 11.4. The van der Waals surface area contributed by atoms with Crippen molar-refractivity contribution in [3.63, 3.8) is 0 Å². The Balaban J connectivity index is 3.88. The molecule has 0 aliphatic carbocycles. The molecule has 0 rings (SSSR count). The summed E-state index contributed by atoms with van der Waals surface area (Å²) in [4.78, 5) is 11.4. The van der Waals surface area contributed by atoms with E-state index >= 15 is 0 Å². The van der Waals surface area contributed by atoms with Crippen LogP contribution in [0.15, 0.2) is 0 Å². The molecule has 0 heterocycles. The van der Waals surface area contributed by atoms with E-state index in [9.17, 15) is 9.90 Å². The molecular formula is C10H20O2. The first-order valence-corrected chi connectivity index (χ1v) is 4.65. The van der Waals surface area contributed by atoms with E-state index < -0.39 is 5.60 Å². The fourth-order valence-corrected chi connectivity index (χ4v) is 0.886. The van der Waals surface area contributed by atoms with Gasteiger partial charge in [-0.25, -0.2) is 0 Å². The van der Waals surface area contributed by atoms with Crippen LogP contribution in [0.3, 0.4) is 0 Å². The molecule has 0 spiro atoms. The average molecular weight is 172 g/mol. The Labute approximate surface area is 75.0 Å². The predicted molar refractivity (Wildman–Crippen MR) is 50.0 cm³/mol. The van der Waals surface area contributed by atoms with Crippen molar-refractivity contribution in [3.05, 3.63) is 0 Å². The van der Waals surface area contributed by atoms with Crippen molar-refractivity contribution >= 4 is 5.78 Å². The first-order chi connectivity index (χ1) is 5.40. The van der Waals surface area contributed by atoms with Crippen LogP contribution in [0.25, 0.3) is 0 Å². The highest BCUT2D eigenvalue weighted by atomic mass is 16.3. The van der Waals surface area contributed by atoms with Crippen LogP contribution in [0.4, 0.5) is 0 Å². The zero-order valence-electron chi connectivity index (χ0n) is 8.55. The molecule has 0 saturated heterocycles. The Morgan fingerprint density at radius 3 is 2.33 bits per heavy atom. The Hall–Kier alpha value is -0.370. The van der Waals surface area contributed by atoms with Crippen LogP contribution in [0.1, 0.15) is 47.0 Å². The third kappa shape index (κ3) is 3.86. The number of rotatable bonds is 5. The van der Waals surface area contributed by atoms with Crippen molar-refractivity contribution in [2.45, 2.75) is 52.6 Å². The molecule has 0 bridgehead atoms. The zero-order valence-corrected chi connectivity index (χ0v) is 8.55. The number of aliphatic hydroxyl groups is 1. The second-order valence-electron chi connectivity index (χ2n) is 3.98. The molecule has 72 valence electrons. The van der Waals surface area contributed by atoms with Gasteiger partial charge in [0.15, 0.2) is 5.78 Å². The van der Waals surface area contributed by atoms with E-state index in [1.165, 1.54) is 0 Å². The van der Waals surface area contributed by atoms with E-state index in [0.29, 0.717) is 18.8 Å². The molecule has 1 unspecified atom stereocenters. The quantitative estimate of drug-likeness (QED) is 0.690. The van der Waals surface area contributed by atoms with Gasteiger partial charge in [0.2, 0.25) is 0 Å². The molecule has 0 aromatic carbocycles. The Morgan fingerprint density at radius 1 is 1.50 bits per heavy atom. The van der Waals surface area contributed by atoms with Gasteiger partial charge in [0.05, 0.1) is 0 Å². The second-order valence-corrected chi connectivity index (χ2v) is 3.98. The normalized spacial score (nSPS) is 16.2. The second kappa shape index (κ2) is 4.61. The highest BCUT2D eigenvalue weighted by molar-refractivity contribution is 5.86. The first-order valence-electron chi connectivity index (χ1n) is 4.65. The van der Waals surface area contributed by atoms with Gasteiger partial charge in [0.25, 0.3) is 0 Å². The monoisotopic (exact) mass is 172 g/mol. The summed E-state index contributed by atoms with van der Waals surface area (Å²) in [5.74, 6) is 0.500. The molecule has 2 nitrogen and oxygen atoms in total. The summed E-state index contributed by atoms with van der Waals surface area (Å²) >= 11 is 0. The molecule has 1 atom stereocenters. The van der Waals surface area contributed by atoms with Crippen LogP contribution in [0.2, 0.25) is 0 Å². The molecule has 0 aromatic rings. The smallest absolute Gasteiger partial charge is 0.164 e. The van der Waals surface area contributed by atoms with E-state index in [-0.39, 0.29) is 5.78 Å². The van der Waals surface area contributed by atoms with E-state index in [0.717, 1.165) is 6.42 Å². The minimum absolute atomic E-state index is 0.0290. The zero-order chi connectivity index (χ0) is 9.78. The van der Waals surface area contributed by atoms with Crippen LogP contribution in [0.5, 0.6) is 0 Å². The van der Waals surface area contributed by atoms with Gasteiger partial charge in [0, 0.05) is 6.42 Å². The van der Waals surface area contributed by atoms with Crippen molar-refractivity contribution in [2.75, 3.05) is 0 Å². The van der Waals surface area contributed by atoms with Gasteiger partial charge in [-0.2, -0.15) is 0 Å². The molecule has 0 saturated carbocycles. The minimum Gasteiger partial charge on any atom is -0.382 e. The lowest BCUT2D eigenvalue weighted by molar-refractivity contribution is -0.136. The summed E-state index contributed by atoms with van der Waals surface area (Å²) in [6.45, 7) is 7.57. The maximum absolute atomic E-state index is 11.4. The molecule has 12 heavy (non-hydrogen) atoms. The summed E-state index contributed by atoms with van der Waals surface area (Å²) in [5, 5.41) is 9.56. The van der Waals surface area contributed by atoms with Gasteiger partial charge in [-0.05, 0) is 25.7 Å².